The summed E-state index contributed by atoms with van der Waals surface area (Å²) in [5, 5.41) is 5.17. The third-order valence-electron chi connectivity index (χ3n) is 5.30. The van der Waals surface area contributed by atoms with Gasteiger partial charge in [-0.3, -0.25) is 9.65 Å². The van der Waals surface area contributed by atoms with E-state index in [1.54, 1.807) is 11.8 Å². The fourth-order valence-corrected chi connectivity index (χ4v) is 7.34. The second-order valence-electron chi connectivity index (χ2n) is 7.43. The quantitative estimate of drug-likeness (QED) is 0.175. The highest BCUT2D eigenvalue weighted by Gasteiger charge is 2.33. The van der Waals surface area contributed by atoms with Crippen molar-refractivity contribution in [1.29, 1.82) is 0 Å². The highest BCUT2D eigenvalue weighted by atomic mass is 32.2. The predicted octanol–water partition coefficient (Wildman–Crippen LogP) is 6.59. The fraction of sp³-hybridized carbons (Fsp3) is 0.0714. The Bertz CT molecular complexity index is 1120. The highest BCUT2D eigenvalue weighted by Crippen LogP contribution is 2.45. The standard InChI is InChI=1S/C28H26NOPS/c1-2-27(32-26-21-13-6-14-22-26)28(23-15-7-3-8-16-23)29-31(30,24-17-9-4-10-18-24)25-19-11-5-12-20-25/h2-22,27-28H,1H2,(H,29,30)/t27-,28-/m1/s1. The van der Waals surface area contributed by atoms with E-state index in [-0.39, 0.29) is 11.3 Å². The van der Waals surface area contributed by atoms with Crippen LogP contribution in [-0.4, -0.2) is 5.25 Å². The average Bonchev–Trinajstić information content (AvgIpc) is 2.88. The number of hydrogen-bond donors (Lipinski definition) is 1. The third kappa shape index (κ3) is 5.14. The molecule has 4 rings (SSSR count). The zero-order valence-corrected chi connectivity index (χ0v) is 19.5. The van der Waals surface area contributed by atoms with Crippen LogP contribution in [0.4, 0.5) is 0 Å². The van der Waals surface area contributed by atoms with Crippen LogP contribution in [-0.2, 0) is 4.57 Å². The lowest BCUT2D eigenvalue weighted by molar-refractivity contribution is 0.563. The summed E-state index contributed by atoms with van der Waals surface area (Å²) in [6.45, 7) is 4.13. The summed E-state index contributed by atoms with van der Waals surface area (Å²) in [6.07, 6.45) is 1.95. The van der Waals surface area contributed by atoms with Gasteiger partial charge in [0.1, 0.15) is 0 Å². The zero-order chi connectivity index (χ0) is 22.2. The van der Waals surface area contributed by atoms with E-state index < -0.39 is 7.29 Å². The summed E-state index contributed by atoms with van der Waals surface area (Å²) in [5.41, 5.74) is 1.08. The maximum atomic E-state index is 14.7. The maximum Gasteiger partial charge on any atom is 0.205 e. The van der Waals surface area contributed by atoms with Crippen LogP contribution in [0.5, 0.6) is 0 Å². The molecule has 0 saturated carbocycles. The summed E-state index contributed by atoms with van der Waals surface area (Å²) >= 11 is 1.72. The summed E-state index contributed by atoms with van der Waals surface area (Å²) in [5.74, 6) is 0. The molecule has 0 spiro atoms. The lowest BCUT2D eigenvalue weighted by Gasteiger charge is -2.31. The van der Waals surface area contributed by atoms with E-state index in [0.29, 0.717) is 0 Å². The van der Waals surface area contributed by atoms with Crippen molar-refractivity contribution >= 4 is 29.7 Å². The first-order chi connectivity index (χ1) is 15.7. The molecule has 4 aromatic carbocycles. The van der Waals surface area contributed by atoms with Crippen LogP contribution in [0.25, 0.3) is 0 Å². The predicted molar refractivity (Wildman–Crippen MR) is 138 cm³/mol. The van der Waals surface area contributed by atoms with Crippen LogP contribution in [0.2, 0.25) is 0 Å². The van der Waals surface area contributed by atoms with E-state index in [2.05, 4.69) is 35.9 Å². The summed E-state index contributed by atoms with van der Waals surface area (Å²) in [4.78, 5) is 1.15. The minimum Gasteiger partial charge on any atom is -0.297 e. The van der Waals surface area contributed by atoms with Crippen LogP contribution in [0, 0.1) is 0 Å². The molecule has 32 heavy (non-hydrogen) atoms. The van der Waals surface area contributed by atoms with Gasteiger partial charge in [-0.2, -0.15) is 0 Å². The van der Waals surface area contributed by atoms with Crippen LogP contribution in [0.15, 0.2) is 139 Å². The van der Waals surface area contributed by atoms with E-state index in [1.165, 1.54) is 0 Å². The largest absolute Gasteiger partial charge is 0.297 e. The SMILES string of the molecule is C=C[C@@H](Sc1ccccc1)[C@H](NP(=O)(c1ccccc1)c1ccccc1)c1ccccc1. The average molecular weight is 456 g/mol. The Balaban J connectivity index is 1.79. The van der Waals surface area contributed by atoms with Gasteiger partial charge < -0.3 is 0 Å². The minimum atomic E-state index is -3.13. The molecule has 2 atom stereocenters. The van der Waals surface area contributed by atoms with Gasteiger partial charge in [0.25, 0.3) is 0 Å². The normalized spacial score (nSPS) is 13.2. The van der Waals surface area contributed by atoms with Gasteiger partial charge in [-0.05, 0) is 42.0 Å². The molecule has 2 nitrogen and oxygen atoms in total. The number of hydrogen-bond acceptors (Lipinski definition) is 2. The molecule has 0 fully saturated rings. The second-order valence-corrected chi connectivity index (χ2v) is 11.2. The molecule has 0 bridgehead atoms. The van der Waals surface area contributed by atoms with Gasteiger partial charge in [-0.1, -0.05) is 91.0 Å². The van der Waals surface area contributed by atoms with Crippen molar-refractivity contribution in [2.45, 2.75) is 16.2 Å². The molecule has 0 aliphatic heterocycles. The van der Waals surface area contributed by atoms with Gasteiger partial charge in [0.15, 0.2) is 0 Å². The van der Waals surface area contributed by atoms with Crippen molar-refractivity contribution < 1.29 is 4.57 Å². The molecule has 0 amide bonds. The molecule has 4 aromatic rings. The fourth-order valence-electron chi connectivity index (χ4n) is 3.68. The molecule has 0 heterocycles. The Hall–Kier alpha value is -2.84. The molecular weight excluding hydrogens is 429 g/mol. The summed E-state index contributed by atoms with van der Waals surface area (Å²) < 4.78 is 14.7. The van der Waals surface area contributed by atoms with Crippen LogP contribution in [0.1, 0.15) is 11.6 Å². The van der Waals surface area contributed by atoms with Crippen molar-refractivity contribution in [3.63, 3.8) is 0 Å². The van der Waals surface area contributed by atoms with E-state index in [0.717, 1.165) is 21.1 Å². The maximum absolute atomic E-state index is 14.7. The second kappa shape index (κ2) is 10.7. The van der Waals surface area contributed by atoms with Crippen molar-refractivity contribution in [2.75, 3.05) is 0 Å². The molecule has 0 unspecified atom stereocenters. The summed E-state index contributed by atoms with van der Waals surface area (Å²) in [7, 11) is -3.13. The highest BCUT2D eigenvalue weighted by molar-refractivity contribution is 8.00. The molecule has 160 valence electrons. The lowest BCUT2D eigenvalue weighted by atomic mass is 10.0. The van der Waals surface area contributed by atoms with Crippen LogP contribution < -0.4 is 15.7 Å². The van der Waals surface area contributed by atoms with Gasteiger partial charge in [-0.15, -0.1) is 18.3 Å². The van der Waals surface area contributed by atoms with Crippen LogP contribution >= 0.6 is 19.1 Å². The Labute approximate surface area is 194 Å². The van der Waals surface area contributed by atoms with E-state index in [9.17, 15) is 4.57 Å². The molecule has 1 N–H and O–H groups in total. The molecule has 4 heteroatoms. The number of thioether (sulfide) groups is 1. The smallest absolute Gasteiger partial charge is 0.205 e. The topological polar surface area (TPSA) is 29.1 Å². The number of benzene rings is 4. The zero-order valence-electron chi connectivity index (χ0n) is 17.7. The lowest BCUT2D eigenvalue weighted by Crippen LogP contribution is -2.34. The van der Waals surface area contributed by atoms with Crippen molar-refractivity contribution in [3.05, 3.63) is 140 Å². The van der Waals surface area contributed by atoms with Gasteiger partial charge >= 0.3 is 0 Å². The van der Waals surface area contributed by atoms with E-state index >= 15 is 0 Å². The van der Waals surface area contributed by atoms with Crippen molar-refractivity contribution in [2.24, 2.45) is 0 Å². The van der Waals surface area contributed by atoms with Gasteiger partial charge in [0.2, 0.25) is 7.29 Å². The monoisotopic (exact) mass is 455 g/mol. The minimum absolute atomic E-state index is 0.0273. The molecule has 0 saturated heterocycles. The molecule has 0 aliphatic carbocycles. The first-order valence-corrected chi connectivity index (χ1v) is 13.2. The Morgan fingerprint density at radius 3 is 1.59 bits per heavy atom. The summed E-state index contributed by atoms with van der Waals surface area (Å²) in [6, 6.07) is 39.7. The Morgan fingerprint density at radius 2 is 1.12 bits per heavy atom. The molecular formula is C28H26NOPS. The Morgan fingerprint density at radius 1 is 0.688 bits per heavy atom. The number of rotatable bonds is 9. The van der Waals surface area contributed by atoms with Gasteiger partial charge in [-0.25, -0.2) is 0 Å². The number of nitrogens with one attached hydrogen (secondary N) is 1. The van der Waals surface area contributed by atoms with E-state index in [1.807, 2.05) is 103 Å². The van der Waals surface area contributed by atoms with Gasteiger partial charge in [0, 0.05) is 20.8 Å². The molecule has 0 aromatic heterocycles. The van der Waals surface area contributed by atoms with E-state index in [4.69, 9.17) is 0 Å². The Kier molecular flexibility index (Phi) is 7.44. The van der Waals surface area contributed by atoms with Gasteiger partial charge in [0.05, 0.1) is 6.04 Å². The first-order valence-electron chi connectivity index (χ1n) is 10.6. The van der Waals surface area contributed by atoms with Crippen molar-refractivity contribution in [1.82, 2.24) is 5.09 Å². The molecule has 0 radical (unpaired) electrons. The molecule has 0 aliphatic rings. The third-order valence-corrected chi connectivity index (χ3v) is 9.27. The van der Waals surface area contributed by atoms with Crippen molar-refractivity contribution in [3.8, 4) is 0 Å². The van der Waals surface area contributed by atoms with Crippen LogP contribution in [0.3, 0.4) is 0 Å². The first kappa shape index (κ1) is 22.4.